The highest BCUT2D eigenvalue weighted by Crippen LogP contribution is 2.29. The lowest BCUT2D eigenvalue weighted by molar-refractivity contribution is 0.0600. The molecule has 0 bridgehead atoms. The van der Waals surface area contributed by atoms with E-state index in [4.69, 9.17) is 18.9 Å². The van der Waals surface area contributed by atoms with Crippen LogP contribution in [0, 0.1) is 13.8 Å². The molecule has 2 aromatic rings. The first kappa shape index (κ1) is 20.9. The zero-order valence-corrected chi connectivity index (χ0v) is 17.3. The molecule has 1 aliphatic heterocycles. The van der Waals surface area contributed by atoms with Crippen LogP contribution in [0.3, 0.4) is 0 Å². The minimum absolute atomic E-state index is 0.115. The molecule has 29 heavy (non-hydrogen) atoms. The molecular weight excluding hydrogens is 374 g/mol. The van der Waals surface area contributed by atoms with E-state index >= 15 is 0 Å². The van der Waals surface area contributed by atoms with Gasteiger partial charge in [0.15, 0.2) is 18.1 Å². The molecule has 1 aliphatic rings. The van der Waals surface area contributed by atoms with E-state index in [9.17, 15) is 9.59 Å². The summed E-state index contributed by atoms with van der Waals surface area (Å²) in [5.41, 5.74) is 2.94. The molecule has 0 N–H and O–H groups in total. The number of hydrogen-bond donors (Lipinski definition) is 0. The molecule has 1 unspecified atom stereocenters. The lowest BCUT2D eigenvalue weighted by atomic mass is 10.1. The first-order valence-electron chi connectivity index (χ1n) is 9.65. The van der Waals surface area contributed by atoms with Gasteiger partial charge in [-0.3, -0.25) is 4.79 Å². The summed E-state index contributed by atoms with van der Waals surface area (Å²) < 4.78 is 23.5. The van der Waals surface area contributed by atoms with Crippen molar-refractivity contribution in [2.45, 2.75) is 39.3 Å². The number of aromatic nitrogens is 1. The van der Waals surface area contributed by atoms with Crippen LogP contribution in [-0.2, 0) is 16.0 Å². The lowest BCUT2D eigenvalue weighted by Gasteiger charge is -2.15. The summed E-state index contributed by atoms with van der Waals surface area (Å²) in [7, 11) is 2.79. The van der Waals surface area contributed by atoms with Gasteiger partial charge < -0.3 is 23.5 Å². The molecule has 7 nitrogen and oxygen atoms in total. The van der Waals surface area contributed by atoms with Crippen molar-refractivity contribution in [3.63, 3.8) is 0 Å². The van der Waals surface area contributed by atoms with E-state index in [2.05, 4.69) is 4.57 Å². The number of benzene rings is 1. The van der Waals surface area contributed by atoms with Gasteiger partial charge in [-0.25, -0.2) is 4.79 Å². The van der Waals surface area contributed by atoms with E-state index in [1.165, 1.54) is 20.3 Å². The summed E-state index contributed by atoms with van der Waals surface area (Å²) in [6, 6.07) is 6.59. The van der Waals surface area contributed by atoms with Crippen LogP contribution in [-0.4, -0.2) is 49.9 Å². The maximum Gasteiger partial charge on any atom is 0.337 e. The van der Waals surface area contributed by atoms with Crippen LogP contribution in [0.4, 0.5) is 0 Å². The molecular formula is C22H27NO6. The Balaban J connectivity index is 1.70. The average Bonchev–Trinajstić information content (AvgIpc) is 3.35. The number of carbonyl (C=O) groups is 2. The number of ether oxygens (including phenoxy) is 4. The number of esters is 1. The second-order valence-corrected chi connectivity index (χ2v) is 7.10. The Morgan fingerprint density at radius 1 is 1.17 bits per heavy atom. The number of carbonyl (C=O) groups excluding carboxylic acids is 2. The molecule has 7 heteroatoms. The van der Waals surface area contributed by atoms with Crippen molar-refractivity contribution in [3.05, 3.63) is 46.8 Å². The summed E-state index contributed by atoms with van der Waals surface area (Å²) in [4.78, 5) is 24.4. The fourth-order valence-electron chi connectivity index (χ4n) is 3.61. The van der Waals surface area contributed by atoms with Crippen molar-refractivity contribution in [3.8, 4) is 11.5 Å². The predicted molar refractivity (Wildman–Crippen MR) is 107 cm³/mol. The normalized spacial score (nSPS) is 15.9. The Morgan fingerprint density at radius 3 is 2.62 bits per heavy atom. The summed E-state index contributed by atoms with van der Waals surface area (Å²) in [5, 5.41) is 0. The van der Waals surface area contributed by atoms with Gasteiger partial charge in [0.1, 0.15) is 0 Å². The topological polar surface area (TPSA) is 76.0 Å². The number of ketones is 1. The van der Waals surface area contributed by atoms with Gasteiger partial charge >= 0.3 is 5.97 Å². The Bertz CT molecular complexity index is 895. The van der Waals surface area contributed by atoms with Gasteiger partial charge in [0.05, 0.1) is 25.9 Å². The predicted octanol–water partition coefficient (Wildman–Crippen LogP) is 3.34. The van der Waals surface area contributed by atoms with E-state index < -0.39 is 5.97 Å². The number of rotatable bonds is 8. The number of methoxy groups -OCH3 is 2. The van der Waals surface area contributed by atoms with E-state index in [1.807, 2.05) is 19.9 Å². The summed E-state index contributed by atoms with van der Waals surface area (Å²) in [6.45, 7) is 5.38. The number of aryl methyl sites for hydroxylation is 1. The maximum absolute atomic E-state index is 12.8. The van der Waals surface area contributed by atoms with E-state index in [-0.39, 0.29) is 18.5 Å². The number of hydrogen-bond acceptors (Lipinski definition) is 6. The van der Waals surface area contributed by atoms with Crippen LogP contribution >= 0.6 is 0 Å². The SMILES string of the molecule is COC(=O)c1ccc(OCC(=O)c2cc(C)n(CC3CCCO3)c2C)c(OC)c1. The average molecular weight is 401 g/mol. The smallest absolute Gasteiger partial charge is 0.337 e. The highest BCUT2D eigenvalue weighted by molar-refractivity contribution is 5.98. The molecule has 1 saturated heterocycles. The van der Waals surface area contributed by atoms with E-state index in [1.54, 1.807) is 12.1 Å². The third-order valence-corrected chi connectivity index (χ3v) is 5.23. The number of Topliss-reactive ketones (excluding diaryl/α,β-unsaturated/α-hetero) is 1. The standard InChI is InChI=1S/C22H27NO6/c1-14-10-18(15(2)23(14)12-17-6-5-9-28-17)19(24)13-29-20-8-7-16(22(25)27-4)11-21(20)26-3/h7-8,10-11,17H,5-6,9,12-13H2,1-4H3. The summed E-state index contributed by atoms with van der Waals surface area (Å²) in [5.74, 6) is 0.173. The van der Waals surface area contributed by atoms with Crippen LogP contribution < -0.4 is 9.47 Å². The van der Waals surface area contributed by atoms with Crippen LogP contribution in [0.5, 0.6) is 11.5 Å². The second-order valence-electron chi connectivity index (χ2n) is 7.10. The van der Waals surface area contributed by atoms with Crippen LogP contribution in [0.25, 0.3) is 0 Å². The molecule has 156 valence electrons. The molecule has 1 aromatic carbocycles. The highest BCUT2D eigenvalue weighted by Gasteiger charge is 2.21. The van der Waals surface area contributed by atoms with Gasteiger partial charge in [-0.15, -0.1) is 0 Å². The second kappa shape index (κ2) is 9.13. The Hall–Kier alpha value is -2.80. The Kier molecular flexibility index (Phi) is 6.59. The zero-order chi connectivity index (χ0) is 21.0. The largest absolute Gasteiger partial charge is 0.493 e. The fourth-order valence-corrected chi connectivity index (χ4v) is 3.61. The number of nitrogens with zero attached hydrogens (tertiary/aromatic N) is 1. The molecule has 1 atom stereocenters. The molecule has 3 rings (SSSR count). The van der Waals surface area contributed by atoms with Crippen LogP contribution in [0.15, 0.2) is 24.3 Å². The van der Waals surface area contributed by atoms with Gasteiger partial charge in [0.25, 0.3) is 0 Å². The lowest BCUT2D eigenvalue weighted by Crippen LogP contribution is -2.18. The van der Waals surface area contributed by atoms with Crippen molar-refractivity contribution in [1.29, 1.82) is 0 Å². The van der Waals surface area contributed by atoms with E-state index in [0.717, 1.165) is 37.4 Å². The Labute approximate surface area is 170 Å². The van der Waals surface area contributed by atoms with Gasteiger partial charge in [-0.1, -0.05) is 0 Å². The van der Waals surface area contributed by atoms with E-state index in [0.29, 0.717) is 22.6 Å². The van der Waals surface area contributed by atoms with Crippen LogP contribution in [0.1, 0.15) is 44.9 Å². The van der Waals surface area contributed by atoms with Crippen molar-refractivity contribution in [2.75, 3.05) is 27.4 Å². The minimum atomic E-state index is -0.468. The summed E-state index contributed by atoms with van der Waals surface area (Å²) in [6.07, 6.45) is 2.34. The van der Waals surface area contributed by atoms with Crippen molar-refractivity contribution in [1.82, 2.24) is 4.57 Å². The third-order valence-electron chi connectivity index (χ3n) is 5.23. The van der Waals surface area contributed by atoms with Crippen molar-refractivity contribution >= 4 is 11.8 Å². The molecule has 0 aliphatic carbocycles. The monoisotopic (exact) mass is 401 g/mol. The molecule has 2 heterocycles. The van der Waals surface area contributed by atoms with Crippen molar-refractivity contribution < 1.29 is 28.5 Å². The molecule has 0 amide bonds. The maximum atomic E-state index is 12.8. The first-order chi connectivity index (χ1) is 13.9. The van der Waals surface area contributed by atoms with Gasteiger partial charge in [-0.05, 0) is 51.0 Å². The first-order valence-corrected chi connectivity index (χ1v) is 9.65. The quantitative estimate of drug-likeness (QED) is 0.499. The molecule has 1 fully saturated rings. The molecule has 0 spiro atoms. The van der Waals surface area contributed by atoms with Crippen molar-refractivity contribution in [2.24, 2.45) is 0 Å². The summed E-state index contributed by atoms with van der Waals surface area (Å²) >= 11 is 0. The minimum Gasteiger partial charge on any atom is -0.493 e. The fraction of sp³-hybridized carbons (Fsp3) is 0.455. The molecule has 0 saturated carbocycles. The van der Waals surface area contributed by atoms with Gasteiger partial charge in [-0.2, -0.15) is 0 Å². The van der Waals surface area contributed by atoms with Gasteiger partial charge in [0, 0.05) is 30.1 Å². The third kappa shape index (κ3) is 4.62. The zero-order valence-electron chi connectivity index (χ0n) is 17.3. The van der Waals surface area contributed by atoms with Crippen LogP contribution in [0.2, 0.25) is 0 Å². The molecule has 1 aromatic heterocycles. The Morgan fingerprint density at radius 2 is 1.97 bits per heavy atom. The highest BCUT2D eigenvalue weighted by atomic mass is 16.5. The van der Waals surface area contributed by atoms with Gasteiger partial charge in [0.2, 0.25) is 5.78 Å². The molecule has 0 radical (unpaired) electrons.